The molecule has 0 bridgehead atoms. The van der Waals surface area contributed by atoms with Crippen LogP contribution in [0, 0.1) is 0 Å². The maximum absolute atomic E-state index is 6.32. The van der Waals surface area contributed by atoms with E-state index in [1.807, 2.05) is 0 Å². The van der Waals surface area contributed by atoms with Gasteiger partial charge in [0.25, 0.3) is 0 Å². The van der Waals surface area contributed by atoms with Crippen LogP contribution in [0.4, 0.5) is 0 Å². The van der Waals surface area contributed by atoms with Crippen LogP contribution in [-0.4, -0.2) is 24.5 Å². The summed E-state index contributed by atoms with van der Waals surface area (Å²) in [6.45, 7) is 10.1. The van der Waals surface area contributed by atoms with Crippen LogP contribution in [0.25, 0.3) is 0 Å². The highest BCUT2D eigenvalue weighted by Gasteiger charge is 2.41. The Balaban J connectivity index is 2.04. The van der Waals surface area contributed by atoms with E-state index >= 15 is 0 Å². The molecule has 0 amide bonds. The second-order valence-electron chi connectivity index (χ2n) is 7.91. The Kier molecular flexibility index (Phi) is 3.87. The van der Waals surface area contributed by atoms with Gasteiger partial charge in [-0.15, -0.1) is 0 Å². The Labute approximate surface area is 129 Å². The van der Waals surface area contributed by atoms with Crippen LogP contribution >= 0.6 is 0 Å². The van der Waals surface area contributed by atoms with E-state index in [0.29, 0.717) is 0 Å². The lowest BCUT2D eigenvalue weighted by Gasteiger charge is -2.46. The molecule has 1 atom stereocenters. The summed E-state index contributed by atoms with van der Waals surface area (Å²) >= 11 is 0. The first kappa shape index (κ1) is 15.1. The number of aryl methyl sites for hydroxylation is 1. The van der Waals surface area contributed by atoms with Gasteiger partial charge in [-0.2, -0.15) is 0 Å². The van der Waals surface area contributed by atoms with Crippen molar-refractivity contribution < 1.29 is 0 Å². The monoisotopic (exact) mass is 286 g/mol. The topological polar surface area (TPSA) is 29.3 Å². The number of nitrogens with zero attached hydrogens (tertiary/aromatic N) is 1. The Morgan fingerprint density at radius 2 is 1.86 bits per heavy atom. The van der Waals surface area contributed by atoms with E-state index < -0.39 is 0 Å². The fourth-order valence-corrected chi connectivity index (χ4v) is 4.24. The number of benzene rings is 1. The highest BCUT2D eigenvalue weighted by Crippen LogP contribution is 2.42. The molecule has 1 saturated heterocycles. The molecule has 0 radical (unpaired) electrons. The van der Waals surface area contributed by atoms with E-state index in [4.69, 9.17) is 5.73 Å². The Bertz CT molecular complexity index is 509. The van der Waals surface area contributed by atoms with Gasteiger partial charge in [-0.3, -0.25) is 4.90 Å². The van der Waals surface area contributed by atoms with Crippen LogP contribution in [0.1, 0.15) is 63.1 Å². The van der Waals surface area contributed by atoms with Crippen LogP contribution in [0.3, 0.4) is 0 Å². The van der Waals surface area contributed by atoms with Crippen molar-refractivity contribution in [2.45, 2.75) is 63.8 Å². The van der Waals surface area contributed by atoms with E-state index in [2.05, 4.69) is 43.9 Å². The van der Waals surface area contributed by atoms with Gasteiger partial charge in [-0.05, 0) is 67.3 Å². The van der Waals surface area contributed by atoms with E-state index in [1.165, 1.54) is 56.3 Å². The summed E-state index contributed by atoms with van der Waals surface area (Å²) in [5, 5.41) is 0. The smallest absolute Gasteiger partial charge is 0.0586 e. The molecule has 0 aromatic heterocycles. The molecule has 1 unspecified atom stereocenters. The molecule has 1 aromatic rings. The van der Waals surface area contributed by atoms with Crippen molar-refractivity contribution >= 4 is 0 Å². The zero-order chi connectivity index (χ0) is 15.1. The van der Waals surface area contributed by atoms with Crippen molar-refractivity contribution in [3.63, 3.8) is 0 Å². The van der Waals surface area contributed by atoms with Crippen LogP contribution < -0.4 is 5.73 Å². The fraction of sp³-hybridized carbons (Fsp3) is 0.684. The zero-order valence-corrected chi connectivity index (χ0v) is 13.9. The molecule has 3 rings (SSSR count). The number of nitrogens with two attached hydrogens (primary N) is 1. The Morgan fingerprint density at radius 1 is 1.14 bits per heavy atom. The molecule has 1 fully saturated rings. The molecule has 2 aliphatic rings. The summed E-state index contributed by atoms with van der Waals surface area (Å²) < 4.78 is 0. The molecular formula is C19H30N2. The first-order chi connectivity index (χ1) is 9.97. The highest BCUT2D eigenvalue weighted by atomic mass is 15.2. The van der Waals surface area contributed by atoms with Gasteiger partial charge in [0, 0.05) is 6.54 Å². The van der Waals surface area contributed by atoms with E-state index in [9.17, 15) is 0 Å². The van der Waals surface area contributed by atoms with Gasteiger partial charge in [0.1, 0.15) is 0 Å². The Morgan fingerprint density at radius 3 is 2.48 bits per heavy atom. The normalized spacial score (nSPS) is 26.9. The van der Waals surface area contributed by atoms with Crippen LogP contribution in [0.2, 0.25) is 0 Å². The van der Waals surface area contributed by atoms with Gasteiger partial charge in [-0.1, -0.05) is 39.0 Å². The molecule has 2 nitrogen and oxygen atoms in total. The van der Waals surface area contributed by atoms with Crippen LogP contribution in [0.5, 0.6) is 0 Å². The van der Waals surface area contributed by atoms with E-state index in [-0.39, 0.29) is 11.0 Å². The van der Waals surface area contributed by atoms with Gasteiger partial charge < -0.3 is 5.73 Å². The average molecular weight is 286 g/mol. The predicted octanol–water partition coefficient (Wildman–Crippen LogP) is 3.57. The van der Waals surface area contributed by atoms with Gasteiger partial charge >= 0.3 is 0 Å². The number of hydrogen-bond acceptors (Lipinski definition) is 2. The average Bonchev–Trinajstić information content (AvgIpc) is 2.99. The third-order valence-corrected chi connectivity index (χ3v) is 5.56. The standard InChI is InChI=1S/C19H30N2/c1-18(2,3)16-8-9-17-15(13-16)7-6-10-19(17,14-20)21-11-4-5-12-21/h8-9,13H,4-7,10-12,14,20H2,1-3H3. The molecule has 21 heavy (non-hydrogen) atoms. The largest absolute Gasteiger partial charge is 0.328 e. The first-order valence-electron chi connectivity index (χ1n) is 8.56. The minimum absolute atomic E-state index is 0.112. The number of hydrogen-bond donors (Lipinski definition) is 1. The van der Waals surface area contributed by atoms with E-state index in [0.717, 1.165) is 6.54 Å². The maximum Gasteiger partial charge on any atom is 0.0586 e. The summed E-state index contributed by atoms with van der Waals surface area (Å²) in [6, 6.07) is 7.18. The minimum atomic E-state index is 0.112. The first-order valence-corrected chi connectivity index (χ1v) is 8.56. The molecule has 1 aliphatic heterocycles. The van der Waals surface area contributed by atoms with Crippen molar-refractivity contribution in [1.29, 1.82) is 0 Å². The van der Waals surface area contributed by atoms with Gasteiger partial charge in [0.05, 0.1) is 5.54 Å². The quantitative estimate of drug-likeness (QED) is 0.900. The lowest BCUT2D eigenvalue weighted by molar-refractivity contribution is 0.102. The second-order valence-corrected chi connectivity index (χ2v) is 7.91. The lowest BCUT2D eigenvalue weighted by Crippen LogP contribution is -2.52. The van der Waals surface area contributed by atoms with Crippen molar-refractivity contribution in [2.24, 2.45) is 5.73 Å². The molecule has 2 N–H and O–H groups in total. The summed E-state index contributed by atoms with van der Waals surface area (Å²) in [7, 11) is 0. The second kappa shape index (κ2) is 5.40. The number of fused-ring (bicyclic) bond motifs is 1. The van der Waals surface area contributed by atoms with Crippen molar-refractivity contribution in [1.82, 2.24) is 4.90 Å². The maximum atomic E-state index is 6.32. The van der Waals surface area contributed by atoms with Crippen LogP contribution in [-0.2, 0) is 17.4 Å². The molecular weight excluding hydrogens is 256 g/mol. The summed E-state index contributed by atoms with van der Waals surface area (Å²) in [4.78, 5) is 2.67. The predicted molar refractivity (Wildman–Crippen MR) is 89.6 cm³/mol. The minimum Gasteiger partial charge on any atom is -0.328 e. The Hall–Kier alpha value is -0.860. The fourth-order valence-electron chi connectivity index (χ4n) is 4.24. The molecule has 1 heterocycles. The molecule has 116 valence electrons. The van der Waals surface area contributed by atoms with Crippen molar-refractivity contribution in [2.75, 3.05) is 19.6 Å². The zero-order valence-electron chi connectivity index (χ0n) is 13.9. The third kappa shape index (κ3) is 2.53. The van der Waals surface area contributed by atoms with Crippen molar-refractivity contribution in [3.05, 3.63) is 34.9 Å². The van der Waals surface area contributed by atoms with E-state index in [1.54, 1.807) is 5.56 Å². The van der Waals surface area contributed by atoms with Crippen molar-refractivity contribution in [3.8, 4) is 0 Å². The number of rotatable bonds is 2. The summed E-state index contributed by atoms with van der Waals surface area (Å²) in [5.41, 5.74) is 11.2. The van der Waals surface area contributed by atoms with Gasteiger partial charge in [-0.25, -0.2) is 0 Å². The molecule has 1 aromatic carbocycles. The summed E-state index contributed by atoms with van der Waals surface area (Å²) in [5.74, 6) is 0. The van der Waals surface area contributed by atoms with Crippen LogP contribution in [0.15, 0.2) is 18.2 Å². The summed E-state index contributed by atoms with van der Waals surface area (Å²) in [6.07, 6.45) is 6.38. The molecule has 2 heteroatoms. The SMILES string of the molecule is CC(C)(C)c1ccc2c(c1)CCCC2(CN)N1CCCC1. The highest BCUT2D eigenvalue weighted by molar-refractivity contribution is 5.41. The third-order valence-electron chi connectivity index (χ3n) is 5.56. The number of likely N-dealkylation sites (tertiary alicyclic amines) is 1. The lowest BCUT2D eigenvalue weighted by atomic mass is 9.73. The molecule has 0 saturated carbocycles. The molecule has 1 aliphatic carbocycles. The van der Waals surface area contributed by atoms with Gasteiger partial charge in [0.15, 0.2) is 0 Å². The molecule has 0 spiro atoms. The van der Waals surface area contributed by atoms with Gasteiger partial charge in [0.2, 0.25) is 0 Å².